The third-order valence-corrected chi connectivity index (χ3v) is 2.75. The van der Waals surface area contributed by atoms with Crippen molar-refractivity contribution in [1.82, 2.24) is 9.88 Å². The Labute approximate surface area is 109 Å². The molecular weight excluding hydrogens is 254 g/mol. The van der Waals surface area contributed by atoms with Crippen molar-refractivity contribution in [2.75, 3.05) is 33.4 Å². The van der Waals surface area contributed by atoms with Crippen LogP contribution in [0.4, 0.5) is 5.69 Å². The number of morpholine rings is 1. The highest BCUT2D eigenvalue weighted by atomic mass is 16.6. The van der Waals surface area contributed by atoms with Crippen LogP contribution in [0.5, 0.6) is 5.88 Å². The maximum absolute atomic E-state index is 12.1. The van der Waals surface area contributed by atoms with E-state index >= 15 is 0 Å². The van der Waals surface area contributed by atoms with E-state index < -0.39 is 4.92 Å². The maximum atomic E-state index is 12.1. The maximum Gasteiger partial charge on any atom is 0.330 e. The van der Waals surface area contributed by atoms with Crippen LogP contribution in [0.3, 0.4) is 0 Å². The summed E-state index contributed by atoms with van der Waals surface area (Å²) in [5, 5.41) is 10.7. The first-order chi connectivity index (χ1) is 9.13. The van der Waals surface area contributed by atoms with E-state index in [1.807, 2.05) is 0 Å². The van der Waals surface area contributed by atoms with Crippen molar-refractivity contribution in [1.29, 1.82) is 0 Å². The summed E-state index contributed by atoms with van der Waals surface area (Å²) in [6.07, 6.45) is 0. The van der Waals surface area contributed by atoms with E-state index in [-0.39, 0.29) is 23.2 Å². The van der Waals surface area contributed by atoms with Crippen LogP contribution < -0.4 is 4.74 Å². The Hall–Kier alpha value is -2.22. The lowest BCUT2D eigenvalue weighted by molar-refractivity contribution is -0.386. The normalized spacial score (nSPS) is 15.1. The van der Waals surface area contributed by atoms with Gasteiger partial charge in [-0.1, -0.05) is 0 Å². The number of hydrogen-bond donors (Lipinski definition) is 0. The molecule has 1 aliphatic rings. The lowest BCUT2D eigenvalue weighted by Gasteiger charge is -2.26. The van der Waals surface area contributed by atoms with Gasteiger partial charge in [0.15, 0.2) is 0 Å². The first-order valence-electron chi connectivity index (χ1n) is 5.70. The largest absolute Gasteiger partial charge is 0.476 e. The van der Waals surface area contributed by atoms with E-state index in [4.69, 9.17) is 9.47 Å². The Bertz CT molecular complexity index is 499. The minimum absolute atomic E-state index is 0.129. The van der Waals surface area contributed by atoms with Crippen LogP contribution in [0.15, 0.2) is 12.1 Å². The zero-order valence-electron chi connectivity index (χ0n) is 10.4. The van der Waals surface area contributed by atoms with Crippen molar-refractivity contribution < 1.29 is 19.2 Å². The molecule has 8 heteroatoms. The van der Waals surface area contributed by atoms with Crippen LogP contribution in [0.1, 0.15) is 10.5 Å². The van der Waals surface area contributed by atoms with Gasteiger partial charge in [0.25, 0.3) is 11.8 Å². The van der Waals surface area contributed by atoms with E-state index in [2.05, 4.69) is 4.98 Å². The molecule has 0 atom stereocenters. The molecule has 1 aromatic heterocycles. The van der Waals surface area contributed by atoms with Crippen molar-refractivity contribution >= 4 is 11.6 Å². The number of nitro groups is 1. The van der Waals surface area contributed by atoms with Crippen LogP contribution >= 0.6 is 0 Å². The van der Waals surface area contributed by atoms with E-state index in [1.54, 1.807) is 4.90 Å². The van der Waals surface area contributed by atoms with Crippen LogP contribution in [0, 0.1) is 10.1 Å². The van der Waals surface area contributed by atoms with Gasteiger partial charge in [-0.05, 0) is 6.07 Å². The van der Waals surface area contributed by atoms with E-state index in [0.717, 1.165) is 0 Å². The summed E-state index contributed by atoms with van der Waals surface area (Å²) in [6, 6.07) is 2.55. The minimum atomic E-state index is -0.602. The predicted octanol–water partition coefficient (Wildman–Crippen LogP) is 0.471. The number of methoxy groups -OCH3 is 1. The highest BCUT2D eigenvalue weighted by molar-refractivity contribution is 5.92. The standard InChI is InChI=1S/C11H13N3O5/c1-18-10-9(14(16)17)3-2-8(12-10)11(15)13-4-6-19-7-5-13/h2-3H,4-7H2,1H3. The first kappa shape index (κ1) is 13.2. The number of carbonyl (C=O) groups excluding carboxylic acids is 1. The van der Waals surface area contributed by atoms with Gasteiger partial charge < -0.3 is 14.4 Å². The highest BCUT2D eigenvalue weighted by Gasteiger charge is 2.23. The Balaban J connectivity index is 2.24. The number of aromatic nitrogens is 1. The first-order valence-corrected chi connectivity index (χ1v) is 5.70. The Kier molecular flexibility index (Phi) is 3.91. The molecule has 2 rings (SSSR count). The molecule has 0 aliphatic carbocycles. The fourth-order valence-corrected chi connectivity index (χ4v) is 1.77. The molecule has 0 N–H and O–H groups in total. The number of pyridine rings is 1. The molecule has 1 aromatic rings. The van der Waals surface area contributed by atoms with Crippen LogP contribution in [0.25, 0.3) is 0 Å². The van der Waals surface area contributed by atoms with Crippen molar-refractivity contribution in [2.24, 2.45) is 0 Å². The van der Waals surface area contributed by atoms with Crippen molar-refractivity contribution in [2.45, 2.75) is 0 Å². The second-order valence-corrected chi connectivity index (χ2v) is 3.89. The number of carbonyl (C=O) groups is 1. The lowest BCUT2D eigenvalue weighted by atomic mass is 10.2. The van der Waals surface area contributed by atoms with E-state index in [1.165, 1.54) is 19.2 Å². The SMILES string of the molecule is COc1nc(C(=O)N2CCOCC2)ccc1[N+](=O)[O-]. The third-order valence-electron chi connectivity index (χ3n) is 2.75. The molecule has 1 fully saturated rings. The zero-order valence-corrected chi connectivity index (χ0v) is 10.4. The number of ether oxygens (including phenoxy) is 2. The minimum Gasteiger partial charge on any atom is -0.476 e. The van der Waals surface area contributed by atoms with E-state index in [0.29, 0.717) is 26.3 Å². The smallest absolute Gasteiger partial charge is 0.330 e. The van der Waals surface area contributed by atoms with Gasteiger partial charge in [-0.15, -0.1) is 0 Å². The van der Waals surface area contributed by atoms with Gasteiger partial charge in [0.05, 0.1) is 25.2 Å². The Morgan fingerprint density at radius 2 is 2.16 bits per heavy atom. The number of rotatable bonds is 3. The van der Waals surface area contributed by atoms with Crippen LogP contribution in [-0.2, 0) is 4.74 Å². The monoisotopic (exact) mass is 267 g/mol. The summed E-state index contributed by atoms with van der Waals surface area (Å²) >= 11 is 0. The quantitative estimate of drug-likeness (QED) is 0.583. The van der Waals surface area contributed by atoms with Crippen molar-refractivity contribution in [3.8, 4) is 5.88 Å². The van der Waals surface area contributed by atoms with Gasteiger partial charge in [-0.3, -0.25) is 14.9 Å². The molecule has 0 unspecified atom stereocenters. The molecule has 0 aromatic carbocycles. The summed E-state index contributed by atoms with van der Waals surface area (Å²) in [5.41, 5.74) is -0.134. The summed E-state index contributed by atoms with van der Waals surface area (Å²) in [4.78, 5) is 27.8. The van der Waals surface area contributed by atoms with Gasteiger partial charge in [0.1, 0.15) is 5.69 Å². The molecule has 0 saturated carbocycles. The predicted molar refractivity (Wildman–Crippen MR) is 64.2 cm³/mol. The van der Waals surface area contributed by atoms with Crippen LogP contribution in [0.2, 0.25) is 0 Å². The Morgan fingerprint density at radius 1 is 1.47 bits per heavy atom. The van der Waals surface area contributed by atoms with E-state index in [9.17, 15) is 14.9 Å². The molecule has 2 heterocycles. The molecule has 1 amide bonds. The van der Waals surface area contributed by atoms with Gasteiger partial charge in [0, 0.05) is 19.2 Å². The second kappa shape index (κ2) is 5.61. The number of hydrogen-bond acceptors (Lipinski definition) is 6. The fraction of sp³-hybridized carbons (Fsp3) is 0.455. The molecule has 0 bridgehead atoms. The van der Waals surface area contributed by atoms with Crippen molar-refractivity contribution in [3.05, 3.63) is 27.9 Å². The average molecular weight is 267 g/mol. The van der Waals surface area contributed by atoms with Crippen LogP contribution in [-0.4, -0.2) is 54.1 Å². The summed E-state index contributed by atoms with van der Waals surface area (Å²) in [5.74, 6) is -0.444. The fourth-order valence-electron chi connectivity index (χ4n) is 1.77. The van der Waals surface area contributed by atoms with Gasteiger partial charge >= 0.3 is 5.69 Å². The Morgan fingerprint density at radius 3 is 2.74 bits per heavy atom. The lowest BCUT2D eigenvalue weighted by Crippen LogP contribution is -2.41. The molecule has 102 valence electrons. The molecule has 1 aliphatic heterocycles. The van der Waals surface area contributed by atoms with Gasteiger partial charge in [0.2, 0.25) is 0 Å². The van der Waals surface area contributed by atoms with Gasteiger partial charge in [-0.25, -0.2) is 4.98 Å². The van der Waals surface area contributed by atoms with Crippen molar-refractivity contribution in [3.63, 3.8) is 0 Å². The number of nitrogens with zero attached hydrogens (tertiary/aromatic N) is 3. The molecule has 8 nitrogen and oxygen atoms in total. The molecule has 0 spiro atoms. The number of amides is 1. The summed E-state index contributed by atoms with van der Waals surface area (Å²) in [7, 11) is 1.28. The van der Waals surface area contributed by atoms with Gasteiger partial charge in [-0.2, -0.15) is 0 Å². The summed E-state index contributed by atoms with van der Waals surface area (Å²) in [6.45, 7) is 1.94. The molecule has 0 radical (unpaired) electrons. The highest BCUT2D eigenvalue weighted by Crippen LogP contribution is 2.24. The molecule has 19 heavy (non-hydrogen) atoms. The molecule has 1 saturated heterocycles. The zero-order chi connectivity index (χ0) is 13.8. The third kappa shape index (κ3) is 2.79. The second-order valence-electron chi connectivity index (χ2n) is 3.89. The molecular formula is C11H13N3O5. The average Bonchev–Trinajstić information content (AvgIpc) is 2.46. The topological polar surface area (TPSA) is 94.8 Å². The summed E-state index contributed by atoms with van der Waals surface area (Å²) < 4.78 is 9.99.